The first-order valence-electron chi connectivity index (χ1n) is 10.3. The zero-order chi connectivity index (χ0) is 21.3. The van der Waals surface area contributed by atoms with Gasteiger partial charge in [0, 0.05) is 35.6 Å². The van der Waals surface area contributed by atoms with E-state index in [1.165, 1.54) is 0 Å². The van der Waals surface area contributed by atoms with Gasteiger partial charge in [-0.25, -0.2) is 4.98 Å². The molecule has 1 N–H and O–H groups in total. The highest BCUT2D eigenvalue weighted by Crippen LogP contribution is 2.29. The minimum atomic E-state index is -0.0773. The van der Waals surface area contributed by atoms with Gasteiger partial charge in [-0.2, -0.15) is 5.10 Å². The molecule has 158 valence electrons. The molecule has 7 heteroatoms. The lowest BCUT2D eigenvalue weighted by Gasteiger charge is -2.30. The molecule has 0 saturated carbocycles. The molecule has 0 unspecified atom stereocenters. The second-order valence-corrected chi connectivity index (χ2v) is 9.35. The maximum absolute atomic E-state index is 13.0. The SMILES string of the molecule is CC(C)(C)c1cc(C(=O)N2CCC[C@@H](c3ncc(Cc4ccccc4Cl)o3)C2)n[nH]1. The third-order valence-electron chi connectivity index (χ3n) is 5.56. The van der Waals surface area contributed by atoms with Crippen LogP contribution >= 0.6 is 11.6 Å². The van der Waals surface area contributed by atoms with Gasteiger partial charge in [0.05, 0.1) is 12.1 Å². The van der Waals surface area contributed by atoms with Gasteiger partial charge in [0.1, 0.15) is 11.5 Å². The van der Waals surface area contributed by atoms with E-state index in [9.17, 15) is 4.79 Å². The number of halogens is 1. The number of H-pyrrole nitrogens is 1. The van der Waals surface area contributed by atoms with Crippen molar-refractivity contribution in [3.05, 3.63) is 70.2 Å². The number of nitrogens with one attached hydrogen (secondary N) is 1. The summed E-state index contributed by atoms with van der Waals surface area (Å²) in [5.74, 6) is 1.51. The number of oxazole rings is 1. The Labute approximate surface area is 181 Å². The number of amides is 1. The van der Waals surface area contributed by atoms with Crippen LogP contribution in [0.25, 0.3) is 0 Å². The summed E-state index contributed by atoms with van der Waals surface area (Å²) in [6, 6.07) is 9.59. The Morgan fingerprint density at radius 2 is 2.13 bits per heavy atom. The Bertz CT molecular complexity index is 1030. The molecule has 0 spiro atoms. The van der Waals surface area contributed by atoms with Crippen LogP contribution in [0.4, 0.5) is 0 Å². The van der Waals surface area contributed by atoms with Gasteiger partial charge in [-0.05, 0) is 30.5 Å². The summed E-state index contributed by atoms with van der Waals surface area (Å²) in [5.41, 5.74) is 2.35. The Kier molecular flexibility index (Phi) is 5.69. The van der Waals surface area contributed by atoms with Crippen LogP contribution in [0.3, 0.4) is 0 Å². The highest BCUT2D eigenvalue weighted by molar-refractivity contribution is 6.31. The molecule has 1 aromatic carbocycles. The fourth-order valence-electron chi connectivity index (χ4n) is 3.76. The monoisotopic (exact) mass is 426 g/mol. The topological polar surface area (TPSA) is 75.0 Å². The zero-order valence-corrected chi connectivity index (χ0v) is 18.4. The molecule has 0 bridgehead atoms. The van der Waals surface area contributed by atoms with Crippen LogP contribution in [-0.4, -0.2) is 39.1 Å². The number of aromatic nitrogens is 3. The summed E-state index contributed by atoms with van der Waals surface area (Å²) in [5, 5.41) is 7.97. The Balaban J connectivity index is 1.44. The molecule has 3 heterocycles. The summed E-state index contributed by atoms with van der Waals surface area (Å²) >= 11 is 6.26. The smallest absolute Gasteiger partial charge is 0.274 e. The van der Waals surface area contributed by atoms with Crippen molar-refractivity contribution in [2.24, 2.45) is 0 Å². The molecule has 4 rings (SSSR count). The van der Waals surface area contributed by atoms with Gasteiger partial charge in [-0.15, -0.1) is 0 Å². The zero-order valence-electron chi connectivity index (χ0n) is 17.6. The van der Waals surface area contributed by atoms with E-state index in [-0.39, 0.29) is 17.2 Å². The molecule has 1 atom stereocenters. The first kappa shape index (κ1) is 20.7. The minimum absolute atomic E-state index is 0.0469. The van der Waals surface area contributed by atoms with Crippen molar-refractivity contribution >= 4 is 17.5 Å². The van der Waals surface area contributed by atoms with E-state index >= 15 is 0 Å². The van der Waals surface area contributed by atoms with Crippen molar-refractivity contribution in [1.29, 1.82) is 0 Å². The Morgan fingerprint density at radius 1 is 1.33 bits per heavy atom. The van der Waals surface area contributed by atoms with Crippen LogP contribution in [0.2, 0.25) is 5.02 Å². The molecule has 0 aliphatic carbocycles. The van der Waals surface area contributed by atoms with Crippen molar-refractivity contribution in [2.75, 3.05) is 13.1 Å². The first-order valence-corrected chi connectivity index (χ1v) is 10.7. The van der Waals surface area contributed by atoms with E-state index < -0.39 is 0 Å². The Morgan fingerprint density at radius 3 is 2.87 bits per heavy atom. The summed E-state index contributed by atoms with van der Waals surface area (Å²) in [6.45, 7) is 7.58. The lowest BCUT2D eigenvalue weighted by molar-refractivity contribution is 0.0692. The highest BCUT2D eigenvalue weighted by Gasteiger charge is 2.30. The van der Waals surface area contributed by atoms with E-state index in [1.807, 2.05) is 35.2 Å². The maximum atomic E-state index is 13.0. The molecule has 6 nitrogen and oxygen atoms in total. The summed E-state index contributed by atoms with van der Waals surface area (Å²) in [7, 11) is 0. The number of carbonyl (C=O) groups is 1. The van der Waals surface area contributed by atoms with Gasteiger partial charge in [-0.3, -0.25) is 9.89 Å². The lowest BCUT2D eigenvalue weighted by Crippen LogP contribution is -2.39. The quantitative estimate of drug-likeness (QED) is 0.639. The maximum Gasteiger partial charge on any atom is 0.274 e. The molecule has 2 aromatic heterocycles. The van der Waals surface area contributed by atoms with Crippen LogP contribution in [0.5, 0.6) is 0 Å². The average Bonchev–Trinajstić information content (AvgIpc) is 3.39. The number of piperidine rings is 1. The molecule has 3 aromatic rings. The van der Waals surface area contributed by atoms with E-state index in [1.54, 1.807) is 6.20 Å². The van der Waals surface area contributed by atoms with E-state index in [0.29, 0.717) is 24.6 Å². The highest BCUT2D eigenvalue weighted by atomic mass is 35.5. The molecule has 30 heavy (non-hydrogen) atoms. The normalized spacial score (nSPS) is 17.3. The number of hydrogen-bond donors (Lipinski definition) is 1. The fourth-order valence-corrected chi connectivity index (χ4v) is 3.97. The predicted molar refractivity (Wildman–Crippen MR) is 116 cm³/mol. The lowest BCUT2D eigenvalue weighted by atomic mass is 9.92. The number of benzene rings is 1. The average molecular weight is 427 g/mol. The predicted octanol–water partition coefficient (Wildman–Crippen LogP) is 4.96. The van der Waals surface area contributed by atoms with Crippen LogP contribution in [0.15, 0.2) is 40.9 Å². The molecule has 1 fully saturated rings. The van der Waals surface area contributed by atoms with Crippen LogP contribution in [0, 0.1) is 0 Å². The number of aromatic amines is 1. The Hall–Kier alpha value is -2.60. The van der Waals surface area contributed by atoms with E-state index in [0.717, 1.165) is 41.4 Å². The van der Waals surface area contributed by atoms with E-state index in [2.05, 4.69) is 36.0 Å². The van der Waals surface area contributed by atoms with Crippen LogP contribution in [-0.2, 0) is 11.8 Å². The number of nitrogens with zero attached hydrogens (tertiary/aromatic N) is 3. The summed E-state index contributed by atoms with van der Waals surface area (Å²) in [6.07, 6.45) is 4.23. The fraction of sp³-hybridized carbons (Fsp3) is 0.435. The van der Waals surface area contributed by atoms with Gasteiger partial charge in [0.2, 0.25) is 0 Å². The number of hydrogen-bond acceptors (Lipinski definition) is 4. The van der Waals surface area contributed by atoms with Gasteiger partial charge < -0.3 is 9.32 Å². The molecule has 0 radical (unpaired) electrons. The van der Waals surface area contributed by atoms with Crippen molar-refractivity contribution in [3.63, 3.8) is 0 Å². The summed E-state index contributed by atoms with van der Waals surface area (Å²) in [4.78, 5) is 19.3. The summed E-state index contributed by atoms with van der Waals surface area (Å²) < 4.78 is 6.04. The molecular formula is C23H27ClN4O2. The number of likely N-dealkylation sites (tertiary alicyclic amines) is 1. The molecule has 1 amide bonds. The number of carbonyl (C=O) groups excluding carboxylic acids is 1. The number of rotatable bonds is 4. The molecule has 1 aliphatic rings. The molecule has 1 aliphatic heterocycles. The standard InChI is InChI=1S/C23H27ClN4O2/c1-23(2,3)20-12-19(26-27-20)22(29)28-10-6-8-16(14-28)21-25-13-17(30-21)11-15-7-4-5-9-18(15)24/h4-5,7,9,12-13,16H,6,8,10-11,14H2,1-3H3,(H,26,27)/t16-/m1/s1. The van der Waals surface area contributed by atoms with E-state index in [4.69, 9.17) is 16.0 Å². The van der Waals surface area contributed by atoms with Gasteiger partial charge in [-0.1, -0.05) is 50.6 Å². The van der Waals surface area contributed by atoms with Crippen molar-refractivity contribution in [2.45, 2.75) is 51.4 Å². The third-order valence-corrected chi connectivity index (χ3v) is 5.93. The van der Waals surface area contributed by atoms with Gasteiger partial charge >= 0.3 is 0 Å². The second kappa shape index (κ2) is 8.26. The molecule has 1 saturated heterocycles. The van der Waals surface area contributed by atoms with Crippen LogP contribution in [0.1, 0.15) is 72.9 Å². The van der Waals surface area contributed by atoms with Crippen molar-refractivity contribution in [3.8, 4) is 0 Å². The van der Waals surface area contributed by atoms with Crippen molar-refractivity contribution in [1.82, 2.24) is 20.1 Å². The first-order chi connectivity index (χ1) is 14.3. The molecular weight excluding hydrogens is 400 g/mol. The van der Waals surface area contributed by atoms with Crippen LogP contribution < -0.4 is 0 Å². The van der Waals surface area contributed by atoms with Crippen molar-refractivity contribution < 1.29 is 9.21 Å². The van der Waals surface area contributed by atoms with Gasteiger partial charge in [0.15, 0.2) is 5.89 Å². The second-order valence-electron chi connectivity index (χ2n) is 8.94. The third kappa shape index (κ3) is 4.43. The van der Waals surface area contributed by atoms with Gasteiger partial charge in [0.25, 0.3) is 5.91 Å². The minimum Gasteiger partial charge on any atom is -0.445 e. The largest absolute Gasteiger partial charge is 0.445 e.